The maximum atomic E-state index is 12.5. The summed E-state index contributed by atoms with van der Waals surface area (Å²) in [5.74, 6) is -0.103. The lowest BCUT2D eigenvalue weighted by molar-refractivity contribution is -0.143. The maximum absolute atomic E-state index is 12.5. The summed E-state index contributed by atoms with van der Waals surface area (Å²) in [5.41, 5.74) is 0. The number of carbonyl (C=O) groups is 2. The molecule has 3 N–H and O–H groups in total. The van der Waals surface area contributed by atoms with Gasteiger partial charge in [-0.2, -0.15) is 0 Å². The fourth-order valence-corrected chi connectivity index (χ4v) is 9.28. The number of carbonyl (C=O) groups excluding carboxylic acids is 2. The van der Waals surface area contributed by atoms with Crippen molar-refractivity contribution in [2.24, 2.45) is 0 Å². The number of allylic oxidation sites excluding steroid dienone is 1. The van der Waals surface area contributed by atoms with Gasteiger partial charge < -0.3 is 20.3 Å². The van der Waals surface area contributed by atoms with Crippen LogP contribution in [0.1, 0.15) is 328 Å². The van der Waals surface area contributed by atoms with Crippen molar-refractivity contribution < 1.29 is 24.5 Å². The predicted molar refractivity (Wildman–Crippen MR) is 283 cm³/mol. The van der Waals surface area contributed by atoms with E-state index in [-0.39, 0.29) is 18.5 Å². The third-order valence-electron chi connectivity index (χ3n) is 13.8. The van der Waals surface area contributed by atoms with Crippen LogP contribution in [0.2, 0.25) is 0 Å². The molecule has 0 saturated carbocycles. The lowest BCUT2D eigenvalue weighted by atomic mass is 10.0. The van der Waals surface area contributed by atoms with Gasteiger partial charge in [-0.3, -0.25) is 9.59 Å². The number of aliphatic hydroxyl groups excluding tert-OH is 2. The molecule has 65 heavy (non-hydrogen) atoms. The van der Waals surface area contributed by atoms with Crippen molar-refractivity contribution >= 4 is 11.9 Å². The molecule has 2 unspecified atom stereocenters. The van der Waals surface area contributed by atoms with Gasteiger partial charge >= 0.3 is 5.97 Å². The number of amides is 1. The predicted octanol–water partition coefficient (Wildman–Crippen LogP) is 18.1. The quantitative estimate of drug-likeness (QED) is 0.0321. The van der Waals surface area contributed by atoms with Gasteiger partial charge in [0.1, 0.15) is 0 Å². The minimum Gasteiger partial charge on any atom is -0.466 e. The first-order chi connectivity index (χ1) is 32.0. The van der Waals surface area contributed by atoms with E-state index >= 15 is 0 Å². The number of aliphatic hydroxyl groups is 2. The van der Waals surface area contributed by atoms with Gasteiger partial charge in [0.25, 0.3) is 0 Å². The minimum absolute atomic E-state index is 0.0159. The van der Waals surface area contributed by atoms with E-state index in [0.717, 1.165) is 57.8 Å². The Bertz CT molecular complexity index is 970. The summed E-state index contributed by atoms with van der Waals surface area (Å²) in [6.07, 6.45) is 65.2. The molecule has 0 bridgehead atoms. The number of unbranched alkanes of at least 4 members (excludes halogenated alkanes) is 44. The average Bonchev–Trinajstić information content (AvgIpc) is 3.31. The van der Waals surface area contributed by atoms with Crippen LogP contribution in [0, 0.1) is 0 Å². The molecule has 0 saturated heterocycles. The molecule has 0 spiro atoms. The van der Waals surface area contributed by atoms with Gasteiger partial charge in [0.15, 0.2) is 0 Å². The molecule has 0 radical (unpaired) electrons. The third kappa shape index (κ3) is 51.8. The van der Waals surface area contributed by atoms with Crippen molar-refractivity contribution in [2.45, 2.75) is 341 Å². The van der Waals surface area contributed by atoms with Gasteiger partial charge in [-0.15, -0.1) is 0 Å². The summed E-state index contributed by atoms with van der Waals surface area (Å²) < 4.78 is 5.47. The summed E-state index contributed by atoms with van der Waals surface area (Å²) in [4.78, 5) is 24.6. The van der Waals surface area contributed by atoms with Crippen molar-refractivity contribution in [3.63, 3.8) is 0 Å². The van der Waals surface area contributed by atoms with Crippen LogP contribution in [-0.2, 0) is 14.3 Å². The van der Waals surface area contributed by atoms with E-state index in [2.05, 4.69) is 19.2 Å². The molecule has 6 heteroatoms. The molecule has 0 aliphatic rings. The fraction of sp³-hybridized carbons (Fsp3) is 0.932. The van der Waals surface area contributed by atoms with Gasteiger partial charge in [-0.1, -0.05) is 296 Å². The molecule has 0 aliphatic carbocycles. The van der Waals surface area contributed by atoms with Crippen LogP contribution < -0.4 is 5.32 Å². The van der Waals surface area contributed by atoms with Crippen LogP contribution in [0.4, 0.5) is 0 Å². The zero-order valence-corrected chi connectivity index (χ0v) is 44.0. The number of hydrogen-bond donors (Lipinski definition) is 3. The summed E-state index contributed by atoms with van der Waals surface area (Å²) in [6.45, 7) is 4.88. The van der Waals surface area contributed by atoms with E-state index in [1.165, 1.54) is 244 Å². The van der Waals surface area contributed by atoms with Crippen LogP contribution in [0.3, 0.4) is 0 Å². The van der Waals surface area contributed by atoms with Crippen molar-refractivity contribution in [1.82, 2.24) is 5.32 Å². The normalized spacial score (nSPS) is 12.6. The second-order valence-electron chi connectivity index (χ2n) is 20.3. The number of rotatable bonds is 55. The second-order valence-corrected chi connectivity index (χ2v) is 20.3. The average molecular weight is 919 g/mol. The highest BCUT2D eigenvalue weighted by atomic mass is 16.5. The number of esters is 1. The van der Waals surface area contributed by atoms with E-state index in [4.69, 9.17) is 4.74 Å². The monoisotopic (exact) mass is 918 g/mol. The van der Waals surface area contributed by atoms with Gasteiger partial charge in [-0.25, -0.2) is 0 Å². The molecule has 0 aromatic heterocycles. The van der Waals surface area contributed by atoms with E-state index in [9.17, 15) is 19.8 Å². The van der Waals surface area contributed by atoms with Crippen molar-refractivity contribution in [3.8, 4) is 0 Å². The molecule has 6 nitrogen and oxygen atoms in total. The van der Waals surface area contributed by atoms with Crippen LogP contribution in [0.15, 0.2) is 12.2 Å². The van der Waals surface area contributed by atoms with Crippen molar-refractivity contribution in [3.05, 3.63) is 12.2 Å². The summed E-state index contributed by atoms with van der Waals surface area (Å²) in [6, 6.07) is -0.644. The fourth-order valence-electron chi connectivity index (χ4n) is 9.28. The highest BCUT2D eigenvalue weighted by molar-refractivity contribution is 5.76. The lowest BCUT2D eigenvalue weighted by Gasteiger charge is -2.20. The molecule has 0 aromatic carbocycles. The maximum Gasteiger partial charge on any atom is 0.305 e. The number of nitrogens with one attached hydrogen (secondary N) is 1. The molecule has 0 aliphatic heterocycles. The Kier molecular flexibility index (Phi) is 54.0. The van der Waals surface area contributed by atoms with Gasteiger partial charge in [-0.05, 0) is 32.1 Å². The summed E-state index contributed by atoms with van der Waals surface area (Å²) >= 11 is 0. The Morgan fingerprint density at radius 2 is 0.708 bits per heavy atom. The van der Waals surface area contributed by atoms with Crippen LogP contribution in [-0.4, -0.2) is 47.4 Å². The third-order valence-corrected chi connectivity index (χ3v) is 13.8. The van der Waals surface area contributed by atoms with Crippen LogP contribution in [0.25, 0.3) is 0 Å². The van der Waals surface area contributed by atoms with Crippen LogP contribution in [0.5, 0.6) is 0 Å². The van der Waals surface area contributed by atoms with Crippen molar-refractivity contribution in [2.75, 3.05) is 13.2 Å². The molecular weight excluding hydrogens is 803 g/mol. The molecule has 0 heterocycles. The van der Waals surface area contributed by atoms with Gasteiger partial charge in [0.05, 0.1) is 25.4 Å². The molecule has 2 atom stereocenters. The molecule has 0 fully saturated rings. The largest absolute Gasteiger partial charge is 0.466 e. The molecule has 0 rings (SSSR count). The SMILES string of the molecule is CCCCCCCCCCCCCCCCCCCCC/C=C/C(O)C(CO)NC(=O)CCCCCCCCCCCCOC(=O)CCCCCCCCCCCCCCCCCCC. The van der Waals surface area contributed by atoms with E-state index in [1.54, 1.807) is 6.08 Å². The first kappa shape index (κ1) is 63.6. The smallest absolute Gasteiger partial charge is 0.305 e. The second kappa shape index (κ2) is 55.2. The summed E-state index contributed by atoms with van der Waals surface area (Å²) in [5, 5.41) is 23.2. The number of ether oxygens (including phenoxy) is 1. The Balaban J connectivity index is 3.48. The molecule has 386 valence electrons. The minimum atomic E-state index is -0.859. The van der Waals surface area contributed by atoms with E-state index in [0.29, 0.717) is 19.4 Å². The van der Waals surface area contributed by atoms with Gasteiger partial charge in [0, 0.05) is 12.8 Å². The Labute approximate surface area is 406 Å². The molecule has 0 aromatic rings. The first-order valence-corrected chi connectivity index (χ1v) is 29.5. The van der Waals surface area contributed by atoms with Crippen LogP contribution >= 0.6 is 0 Å². The number of hydrogen-bond acceptors (Lipinski definition) is 5. The Hall–Kier alpha value is -1.40. The lowest BCUT2D eigenvalue weighted by Crippen LogP contribution is -2.45. The molecule has 1 amide bonds. The van der Waals surface area contributed by atoms with Crippen molar-refractivity contribution in [1.29, 1.82) is 0 Å². The standard InChI is InChI=1S/C59H115NO5/c1-3-5-7-9-11-13-15-17-19-21-22-23-24-26-27-29-31-35-39-43-47-51-57(62)56(55-61)60-58(63)52-48-44-40-36-33-34-38-42-46-50-54-65-59(64)53-49-45-41-37-32-30-28-25-20-18-16-14-12-10-8-6-4-2/h47,51,56-57,61-62H,3-46,48-50,52-55H2,1-2H3,(H,60,63)/b51-47+. The molecular formula is C59H115NO5. The highest BCUT2D eigenvalue weighted by Crippen LogP contribution is 2.17. The van der Waals surface area contributed by atoms with E-state index in [1.807, 2.05) is 6.08 Å². The summed E-state index contributed by atoms with van der Waals surface area (Å²) in [7, 11) is 0. The zero-order valence-electron chi connectivity index (χ0n) is 44.0. The van der Waals surface area contributed by atoms with Gasteiger partial charge in [0.2, 0.25) is 5.91 Å². The van der Waals surface area contributed by atoms with E-state index < -0.39 is 12.1 Å². The first-order valence-electron chi connectivity index (χ1n) is 29.5. The Morgan fingerprint density at radius 1 is 0.415 bits per heavy atom. The zero-order chi connectivity index (χ0) is 47.2. The topological polar surface area (TPSA) is 95.9 Å². The highest BCUT2D eigenvalue weighted by Gasteiger charge is 2.18. The Morgan fingerprint density at radius 3 is 1.05 bits per heavy atom.